The SMILES string of the molecule is COC(=O)CNC1CCC(CN(C)c2ccc(Br)c(F)n2)CC1. The molecular formula is C16H23BrFN3O2. The maximum absolute atomic E-state index is 13.5. The molecule has 0 atom stereocenters. The molecule has 1 heterocycles. The molecule has 1 aromatic heterocycles. The van der Waals surface area contributed by atoms with Crippen LogP contribution in [0.3, 0.4) is 0 Å². The van der Waals surface area contributed by atoms with Gasteiger partial charge >= 0.3 is 5.97 Å². The molecule has 1 fully saturated rings. The molecule has 7 heteroatoms. The molecule has 1 aliphatic rings. The fraction of sp³-hybridized carbons (Fsp3) is 0.625. The van der Waals surface area contributed by atoms with Crippen molar-refractivity contribution in [1.29, 1.82) is 0 Å². The summed E-state index contributed by atoms with van der Waals surface area (Å²) in [5.74, 6) is 0.501. The highest BCUT2D eigenvalue weighted by molar-refractivity contribution is 9.10. The number of ether oxygens (including phenoxy) is 1. The van der Waals surface area contributed by atoms with E-state index in [1.54, 1.807) is 6.07 Å². The van der Waals surface area contributed by atoms with Crippen LogP contribution in [0.15, 0.2) is 16.6 Å². The van der Waals surface area contributed by atoms with Crippen molar-refractivity contribution in [1.82, 2.24) is 10.3 Å². The summed E-state index contributed by atoms with van der Waals surface area (Å²) < 4.78 is 18.5. The molecule has 0 spiro atoms. The Morgan fingerprint density at radius 1 is 1.43 bits per heavy atom. The van der Waals surface area contributed by atoms with Crippen LogP contribution >= 0.6 is 15.9 Å². The van der Waals surface area contributed by atoms with Gasteiger partial charge in [-0.2, -0.15) is 4.39 Å². The Bertz CT molecular complexity index is 536. The first-order valence-corrected chi connectivity index (χ1v) is 8.62. The number of anilines is 1. The minimum absolute atomic E-state index is 0.227. The van der Waals surface area contributed by atoms with E-state index in [1.165, 1.54) is 7.11 Å². The second-order valence-corrected chi connectivity index (χ2v) is 6.85. The van der Waals surface area contributed by atoms with E-state index < -0.39 is 5.95 Å². The van der Waals surface area contributed by atoms with Gasteiger partial charge in [0.25, 0.3) is 0 Å². The quantitative estimate of drug-likeness (QED) is 0.600. The van der Waals surface area contributed by atoms with E-state index in [2.05, 4.69) is 31.0 Å². The molecule has 128 valence electrons. The third-order valence-electron chi connectivity index (χ3n) is 4.32. The molecule has 1 aliphatic carbocycles. The molecule has 1 saturated carbocycles. The van der Waals surface area contributed by atoms with Gasteiger partial charge in [0.2, 0.25) is 5.95 Å². The molecule has 1 aromatic rings. The topological polar surface area (TPSA) is 54.5 Å². The van der Waals surface area contributed by atoms with E-state index in [0.717, 1.165) is 32.2 Å². The van der Waals surface area contributed by atoms with E-state index in [0.29, 0.717) is 22.3 Å². The first-order valence-electron chi connectivity index (χ1n) is 7.83. The second-order valence-electron chi connectivity index (χ2n) is 6.00. The number of nitrogens with zero attached hydrogens (tertiary/aromatic N) is 2. The predicted octanol–water partition coefficient (Wildman–Crippen LogP) is 2.74. The number of hydrogen-bond acceptors (Lipinski definition) is 5. The van der Waals surface area contributed by atoms with Crippen LogP contribution in [0.4, 0.5) is 10.2 Å². The van der Waals surface area contributed by atoms with Gasteiger partial charge < -0.3 is 15.0 Å². The number of pyridine rings is 1. The van der Waals surface area contributed by atoms with E-state index in [1.807, 2.05) is 18.0 Å². The standard InChI is InChI=1S/C16H23BrFN3O2/c1-21(14-8-7-13(17)16(18)20-14)10-11-3-5-12(6-4-11)19-9-15(22)23-2/h7-8,11-12,19H,3-6,9-10H2,1-2H3. The summed E-state index contributed by atoms with van der Waals surface area (Å²) in [5.41, 5.74) is 0. The van der Waals surface area contributed by atoms with Crippen molar-refractivity contribution in [2.24, 2.45) is 5.92 Å². The van der Waals surface area contributed by atoms with Crippen molar-refractivity contribution in [2.75, 3.05) is 32.1 Å². The Hall–Kier alpha value is -1.21. The van der Waals surface area contributed by atoms with Crippen LogP contribution in [0.5, 0.6) is 0 Å². The average Bonchev–Trinajstić information content (AvgIpc) is 2.56. The van der Waals surface area contributed by atoms with Gasteiger partial charge in [0.15, 0.2) is 0 Å². The van der Waals surface area contributed by atoms with Gasteiger partial charge in [-0.05, 0) is 59.7 Å². The summed E-state index contributed by atoms with van der Waals surface area (Å²) in [5, 5.41) is 3.24. The molecule has 0 unspecified atom stereocenters. The first kappa shape index (κ1) is 18.1. The van der Waals surface area contributed by atoms with Crippen LogP contribution in [0.1, 0.15) is 25.7 Å². The number of halogens is 2. The number of hydrogen-bond donors (Lipinski definition) is 1. The van der Waals surface area contributed by atoms with Crippen LogP contribution in [0, 0.1) is 11.9 Å². The van der Waals surface area contributed by atoms with Crippen molar-refractivity contribution in [3.63, 3.8) is 0 Å². The van der Waals surface area contributed by atoms with Gasteiger partial charge in [-0.25, -0.2) is 4.98 Å². The average molecular weight is 388 g/mol. The number of methoxy groups -OCH3 is 1. The minimum Gasteiger partial charge on any atom is -0.468 e. The molecule has 0 aliphatic heterocycles. The zero-order valence-corrected chi connectivity index (χ0v) is 15.1. The lowest BCUT2D eigenvalue weighted by Gasteiger charge is -2.32. The smallest absolute Gasteiger partial charge is 0.319 e. The summed E-state index contributed by atoms with van der Waals surface area (Å²) >= 11 is 3.12. The summed E-state index contributed by atoms with van der Waals surface area (Å²) in [6, 6.07) is 3.87. The monoisotopic (exact) mass is 387 g/mol. The number of aromatic nitrogens is 1. The Morgan fingerprint density at radius 3 is 2.74 bits per heavy atom. The Balaban J connectivity index is 1.77. The molecular weight excluding hydrogens is 365 g/mol. The van der Waals surface area contributed by atoms with E-state index >= 15 is 0 Å². The van der Waals surface area contributed by atoms with Crippen LogP contribution in [-0.4, -0.2) is 44.2 Å². The predicted molar refractivity (Wildman–Crippen MR) is 90.9 cm³/mol. The molecule has 23 heavy (non-hydrogen) atoms. The van der Waals surface area contributed by atoms with E-state index in [9.17, 15) is 9.18 Å². The van der Waals surface area contributed by atoms with Gasteiger partial charge in [-0.3, -0.25) is 4.79 Å². The molecule has 2 rings (SSSR count). The third kappa shape index (κ3) is 5.42. The van der Waals surface area contributed by atoms with Crippen LogP contribution in [0.25, 0.3) is 0 Å². The van der Waals surface area contributed by atoms with Crippen molar-refractivity contribution in [3.05, 3.63) is 22.6 Å². The lowest BCUT2D eigenvalue weighted by molar-refractivity contribution is -0.139. The van der Waals surface area contributed by atoms with Crippen molar-refractivity contribution >= 4 is 27.7 Å². The fourth-order valence-corrected chi connectivity index (χ4v) is 3.17. The zero-order chi connectivity index (χ0) is 16.8. The second kappa shape index (κ2) is 8.59. The van der Waals surface area contributed by atoms with Crippen LogP contribution in [-0.2, 0) is 9.53 Å². The zero-order valence-electron chi connectivity index (χ0n) is 13.5. The minimum atomic E-state index is -0.481. The van der Waals surface area contributed by atoms with Gasteiger partial charge in [-0.1, -0.05) is 0 Å². The van der Waals surface area contributed by atoms with E-state index in [-0.39, 0.29) is 12.5 Å². The number of esters is 1. The normalized spacial score (nSPS) is 21.0. The van der Waals surface area contributed by atoms with Crippen LogP contribution < -0.4 is 10.2 Å². The first-order chi connectivity index (χ1) is 11.0. The summed E-state index contributed by atoms with van der Waals surface area (Å²) in [6.07, 6.45) is 4.25. The van der Waals surface area contributed by atoms with Gasteiger partial charge in [0, 0.05) is 19.6 Å². The number of carbonyl (C=O) groups is 1. The number of rotatable bonds is 6. The molecule has 0 aromatic carbocycles. The Kier molecular flexibility index (Phi) is 6.77. The lowest BCUT2D eigenvalue weighted by atomic mass is 9.85. The molecule has 0 saturated heterocycles. The van der Waals surface area contributed by atoms with Gasteiger partial charge in [0.1, 0.15) is 5.82 Å². The number of nitrogens with one attached hydrogen (secondary N) is 1. The molecule has 0 radical (unpaired) electrons. The summed E-state index contributed by atoms with van der Waals surface area (Å²) in [6.45, 7) is 1.13. The highest BCUT2D eigenvalue weighted by Crippen LogP contribution is 2.26. The van der Waals surface area contributed by atoms with Crippen molar-refractivity contribution in [2.45, 2.75) is 31.7 Å². The molecule has 0 bridgehead atoms. The summed E-state index contributed by atoms with van der Waals surface area (Å²) in [4.78, 5) is 17.1. The third-order valence-corrected chi connectivity index (χ3v) is 4.91. The highest BCUT2D eigenvalue weighted by Gasteiger charge is 2.23. The van der Waals surface area contributed by atoms with Crippen molar-refractivity contribution < 1.29 is 13.9 Å². The van der Waals surface area contributed by atoms with Crippen LogP contribution in [0.2, 0.25) is 0 Å². The maximum atomic E-state index is 13.5. The van der Waals surface area contributed by atoms with E-state index in [4.69, 9.17) is 0 Å². The molecule has 1 N–H and O–H groups in total. The highest BCUT2D eigenvalue weighted by atomic mass is 79.9. The summed E-state index contributed by atoms with van der Waals surface area (Å²) in [7, 11) is 3.34. The largest absolute Gasteiger partial charge is 0.468 e. The number of carbonyl (C=O) groups excluding carboxylic acids is 1. The maximum Gasteiger partial charge on any atom is 0.319 e. The lowest BCUT2D eigenvalue weighted by Crippen LogP contribution is -2.38. The Labute approximate surface area is 144 Å². The Morgan fingerprint density at radius 2 is 2.13 bits per heavy atom. The van der Waals surface area contributed by atoms with Gasteiger partial charge in [0.05, 0.1) is 18.1 Å². The van der Waals surface area contributed by atoms with Gasteiger partial charge in [-0.15, -0.1) is 0 Å². The molecule has 0 amide bonds. The molecule has 5 nitrogen and oxygen atoms in total. The van der Waals surface area contributed by atoms with Crippen molar-refractivity contribution in [3.8, 4) is 0 Å². The fourth-order valence-electron chi connectivity index (χ4n) is 2.95.